The van der Waals surface area contributed by atoms with Gasteiger partial charge in [-0.25, -0.2) is 14.3 Å². The maximum absolute atomic E-state index is 14.0. The molecule has 0 aliphatic carbocycles. The fraction of sp³-hybridized carbons (Fsp3) is 0.357. The molecule has 9 heteroatoms. The summed E-state index contributed by atoms with van der Waals surface area (Å²) in [6.07, 6.45) is 3.46. The van der Waals surface area contributed by atoms with Gasteiger partial charge in [-0.2, -0.15) is 0 Å². The van der Waals surface area contributed by atoms with Crippen LogP contribution in [0, 0.1) is 12.3 Å². The van der Waals surface area contributed by atoms with E-state index >= 15 is 0 Å². The number of carbonyl (C=O) groups is 1. The number of piperidine rings is 1. The summed E-state index contributed by atoms with van der Waals surface area (Å²) in [6.45, 7) is 9.91. The summed E-state index contributed by atoms with van der Waals surface area (Å²) in [4.78, 5) is 32.9. The van der Waals surface area contributed by atoms with E-state index < -0.39 is 5.97 Å². The van der Waals surface area contributed by atoms with E-state index in [1.807, 2.05) is 26.0 Å². The van der Waals surface area contributed by atoms with Gasteiger partial charge in [0.25, 0.3) is 5.56 Å². The highest BCUT2D eigenvalue weighted by Crippen LogP contribution is 2.34. The summed E-state index contributed by atoms with van der Waals surface area (Å²) >= 11 is 0. The van der Waals surface area contributed by atoms with Crippen LogP contribution in [-0.2, 0) is 0 Å². The molecular formula is C28H31N5O4. The van der Waals surface area contributed by atoms with Crippen LogP contribution >= 0.6 is 0 Å². The van der Waals surface area contributed by atoms with Gasteiger partial charge in [-0.05, 0) is 55.9 Å². The van der Waals surface area contributed by atoms with E-state index in [1.54, 1.807) is 30.3 Å². The SMILES string of the molecule is Cc1cc(C(C)Nc2ccccc2C(=O)O)c2nc(N3CCC(C)(C)CC3)n(-c3ccno3)c(=O)c2c1. The number of carboxylic acids is 1. The Morgan fingerprint density at radius 3 is 2.57 bits per heavy atom. The van der Waals surface area contributed by atoms with Gasteiger partial charge in [0.05, 0.1) is 28.7 Å². The van der Waals surface area contributed by atoms with Crippen molar-refractivity contribution in [3.8, 4) is 5.88 Å². The molecule has 9 nitrogen and oxygen atoms in total. The summed E-state index contributed by atoms with van der Waals surface area (Å²) in [5, 5.41) is 17.2. The molecule has 2 aromatic carbocycles. The fourth-order valence-corrected chi connectivity index (χ4v) is 4.94. The lowest BCUT2D eigenvalue weighted by Crippen LogP contribution is -2.41. The van der Waals surface area contributed by atoms with Gasteiger partial charge in [0.1, 0.15) is 0 Å². The number of nitrogens with one attached hydrogen (secondary N) is 1. The number of carboxylic acid groups (broad SMARTS) is 1. The highest BCUT2D eigenvalue weighted by atomic mass is 16.5. The first-order valence-corrected chi connectivity index (χ1v) is 12.5. The molecule has 2 aromatic heterocycles. The van der Waals surface area contributed by atoms with Crippen LogP contribution in [0.4, 0.5) is 11.6 Å². The van der Waals surface area contributed by atoms with Crippen LogP contribution in [0.2, 0.25) is 0 Å². The van der Waals surface area contributed by atoms with Gasteiger partial charge >= 0.3 is 5.97 Å². The zero-order valence-corrected chi connectivity index (χ0v) is 21.5. The van der Waals surface area contributed by atoms with E-state index in [1.165, 1.54) is 10.8 Å². The molecular weight excluding hydrogens is 470 g/mol. The van der Waals surface area contributed by atoms with Crippen molar-refractivity contribution < 1.29 is 14.4 Å². The Bertz CT molecular complexity index is 1510. The summed E-state index contributed by atoms with van der Waals surface area (Å²) in [5.41, 5.74) is 2.98. The molecule has 4 aromatic rings. The number of anilines is 2. The summed E-state index contributed by atoms with van der Waals surface area (Å²) in [5.74, 6) is -0.162. The van der Waals surface area contributed by atoms with Crippen LogP contribution in [0.15, 0.2) is 58.0 Å². The first kappa shape index (κ1) is 24.5. The molecule has 192 valence electrons. The molecule has 1 aliphatic heterocycles. The van der Waals surface area contributed by atoms with Crippen molar-refractivity contribution in [3.63, 3.8) is 0 Å². The molecule has 0 amide bonds. The second kappa shape index (κ2) is 9.38. The van der Waals surface area contributed by atoms with E-state index in [0.29, 0.717) is 28.4 Å². The highest BCUT2D eigenvalue weighted by Gasteiger charge is 2.30. The van der Waals surface area contributed by atoms with Crippen LogP contribution in [-0.4, -0.2) is 38.9 Å². The molecule has 0 saturated carbocycles. The lowest BCUT2D eigenvalue weighted by molar-refractivity contribution is 0.0698. The van der Waals surface area contributed by atoms with E-state index in [4.69, 9.17) is 9.51 Å². The minimum Gasteiger partial charge on any atom is -0.478 e. The Morgan fingerprint density at radius 2 is 1.89 bits per heavy atom. The van der Waals surface area contributed by atoms with Gasteiger partial charge in [0, 0.05) is 30.4 Å². The second-order valence-electron chi connectivity index (χ2n) is 10.5. The molecule has 1 fully saturated rings. The number of benzene rings is 2. The van der Waals surface area contributed by atoms with Crippen molar-refractivity contribution in [2.24, 2.45) is 5.41 Å². The van der Waals surface area contributed by atoms with Crippen LogP contribution < -0.4 is 15.8 Å². The van der Waals surface area contributed by atoms with Crippen molar-refractivity contribution in [2.75, 3.05) is 23.3 Å². The number of nitrogens with zero attached hydrogens (tertiary/aromatic N) is 4. The van der Waals surface area contributed by atoms with E-state index in [-0.39, 0.29) is 22.6 Å². The second-order valence-corrected chi connectivity index (χ2v) is 10.5. The lowest BCUT2D eigenvalue weighted by Gasteiger charge is -2.38. The van der Waals surface area contributed by atoms with Gasteiger partial charge in [0.15, 0.2) is 0 Å². The van der Waals surface area contributed by atoms with E-state index in [2.05, 4.69) is 29.2 Å². The number of aromatic carboxylic acids is 1. The minimum absolute atomic E-state index is 0.184. The Morgan fingerprint density at radius 1 is 1.16 bits per heavy atom. The number of hydrogen-bond acceptors (Lipinski definition) is 7. The molecule has 1 atom stereocenters. The van der Waals surface area contributed by atoms with Crippen LogP contribution in [0.25, 0.3) is 16.8 Å². The van der Waals surface area contributed by atoms with Gasteiger partial charge < -0.3 is 19.8 Å². The molecule has 1 saturated heterocycles. The minimum atomic E-state index is -1.01. The Hall–Kier alpha value is -4.14. The Labute approximate surface area is 214 Å². The van der Waals surface area contributed by atoms with Crippen LogP contribution in [0.5, 0.6) is 0 Å². The van der Waals surface area contributed by atoms with Crippen molar-refractivity contribution in [3.05, 3.63) is 75.7 Å². The number of aryl methyl sites for hydroxylation is 1. The molecule has 0 radical (unpaired) electrons. The zero-order chi connectivity index (χ0) is 26.3. The molecule has 1 unspecified atom stereocenters. The standard InChI is InChI=1S/C28H31N5O4/c1-17-15-20(18(2)30-22-8-6-5-7-19(22)26(35)36)24-21(16-17)25(34)33(23-9-12-29-37-23)27(31-24)32-13-10-28(3,4)11-14-32/h5-9,12,15-16,18,30H,10-11,13-14H2,1-4H3,(H,35,36). The van der Waals surface area contributed by atoms with Gasteiger partial charge in [-0.15, -0.1) is 0 Å². The van der Waals surface area contributed by atoms with Crippen molar-refractivity contribution in [1.82, 2.24) is 14.7 Å². The molecule has 0 spiro atoms. The number of hydrogen-bond donors (Lipinski definition) is 2. The molecule has 1 aliphatic rings. The van der Waals surface area contributed by atoms with E-state index in [0.717, 1.165) is 37.1 Å². The third-order valence-electron chi connectivity index (χ3n) is 7.17. The van der Waals surface area contributed by atoms with Gasteiger partial charge in [-0.3, -0.25) is 4.79 Å². The van der Waals surface area contributed by atoms with Crippen molar-refractivity contribution >= 4 is 28.5 Å². The number of aromatic nitrogens is 3. The van der Waals surface area contributed by atoms with Crippen molar-refractivity contribution in [2.45, 2.75) is 46.6 Å². The predicted molar refractivity (Wildman–Crippen MR) is 143 cm³/mol. The van der Waals surface area contributed by atoms with Crippen LogP contribution in [0.1, 0.15) is 61.1 Å². The third-order valence-corrected chi connectivity index (χ3v) is 7.17. The number of para-hydroxylation sites is 1. The summed E-state index contributed by atoms with van der Waals surface area (Å²) in [6, 6.07) is 12.0. The molecule has 0 bridgehead atoms. The first-order chi connectivity index (χ1) is 17.6. The topological polar surface area (TPSA) is 113 Å². The predicted octanol–water partition coefficient (Wildman–Crippen LogP) is 5.18. The summed E-state index contributed by atoms with van der Waals surface area (Å²) in [7, 11) is 0. The Kier molecular flexibility index (Phi) is 6.23. The molecule has 37 heavy (non-hydrogen) atoms. The summed E-state index contributed by atoms with van der Waals surface area (Å²) < 4.78 is 6.93. The molecule has 5 rings (SSSR count). The average Bonchev–Trinajstić information content (AvgIpc) is 3.38. The first-order valence-electron chi connectivity index (χ1n) is 12.5. The monoisotopic (exact) mass is 501 g/mol. The van der Waals surface area contributed by atoms with E-state index in [9.17, 15) is 14.7 Å². The average molecular weight is 502 g/mol. The van der Waals surface area contributed by atoms with Gasteiger partial charge in [-0.1, -0.05) is 37.2 Å². The quantitative estimate of drug-likeness (QED) is 0.372. The maximum atomic E-state index is 14.0. The smallest absolute Gasteiger partial charge is 0.337 e. The molecule has 2 N–H and O–H groups in total. The normalized spacial score (nSPS) is 16.1. The van der Waals surface area contributed by atoms with Crippen molar-refractivity contribution in [1.29, 1.82) is 0 Å². The number of fused-ring (bicyclic) bond motifs is 1. The third kappa shape index (κ3) is 4.69. The molecule has 3 heterocycles. The zero-order valence-electron chi connectivity index (χ0n) is 21.5. The fourth-order valence-electron chi connectivity index (χ4n) is 4.94. The Balaban J connectivity index is 1.67. The number of rotatable bonds is 6. The largest absolute Gasteiger partial charge is 0.478 e. The van der Waals surface area contributed by atoms with Crippen LogP contribution in [0.3, 0.4) is 0 Å². The maximum Gasteiger partial charge on any atom is 0.337 e. The highest BCUT2D eigenvalue weighted by molar-refractivity contribution is 5.94. The lowest BCUT2D eigenvalue weighted by atomic mass is 9.83. The van der Waals surface area contributed by atoms with Gasteiger partial charge in [0.2, 0.25) is 11.8 Å².